The van der Waals surface area contributed by atoms with Crippen LogP contribution in [0.3, 0.4) is 0 Å². The van der Waals surface area contributed by atoms with Crippen LogP contribution in [0.1, 0.15) is 29.9 Å². The normalized spacial score (nSPS) is 12.6. The van der Waals surface area contributed by atoms with Crippen molar-refractivity contribution in [1.29, 1.82) is 0 Å². The first-order chi connectivity index (χ1) is 8.76. The van der Waals surface area contributed by atoms with E-state index < -0.39 is 0 Å². The number of nitrogens with one attached hydrogen (secondary N) is 1. The minimum atomic E-state index is 0.238. The zero-order valence-corrected chi connectivity index (χ0v) is 11.1. The topological polar surface area (TPSA) is 55.6 Å². The molecule has 0 spiro atoms. The fourth-order valence-electron chi connectivity index (χ4n) is 2.14. The second-order valence-electron chi connectivity index (χ2n) is 4.27. The van der Waals surface area contributed by atoms with Gasteiger partial charge in [0.05, 0.1) is 0 Å². The van der Waals surface area contributed by atoms with Gasteiger partial charge in [0.25, 0.3) is 0 Å². The molecule has 18 heavy (non-hydrogen) atoms. The average Bonchev–Trinajstić information content (AvgIpc) is 2.84. The second-order valence-corrected chi connectivity index (χ2v) is 4.27. The molecule has 5 heteroatoms. The van der Waals surface area contributed by atoms with Crippen LogP contribution in [0.2, 0.25) is 0 Å². The maximum atomic E-state index is 4.33. The van der Waals surface area contributed by atoms with Crippen LogP contribution < -0.4 is 5.32 Å². The summed E-state index contributed by atoms with van der Waals surface area (Å²) in [5.74, 6) is 1.01. The average molecular weight is 245 g/mol. The van der Waals surface area contributed by atoms with Crippen LogP contribution in [0.25, 0.3) is 0 Å². The zero-order valence-electron chi connectivity index (χ0n) is 11.1. The molecule has 96 valence electrons. The summed E-state index contributed by atoms with van der Waals surface area (Å²) in [7, 11) is 1.97. The number of likely N-dealkylation sites (N-methyl/N-ethyl adjacent to an activating group) is 1. The molecule has 1 N–H and O–H groups in total. The quantitative estimate of drug-likeness (QED) is 0.867. The predicted molar refractivity (Wildman–Crippen MR) is 70.2 cm³/mol. The van der Waals surface area contributed by atoms with E-state index in [-0.39, 0.29) is 6.04 Å². The van der Waals surface area contributed by atoms with Crippen LogP contribution in [0.5, 0.6) is 0 Å². The Labute approximate surface area is 107 Å². The zero-order chi connectivity index (χ0) is 13.0. The van der Waals surface area contributed by atoms with E-state index in [1.807, 2.05) is 24.1 Å². The Bertz CT molecular complexity index is 506. The minimum absolute atomic E-state index is 0.238. The predicted octanol–water partition coefficient (Wildman–Crippen LogP) is 1.50. The third-order valence-corrected chi connectivity index (χ3v) is 3.17. The molecular formula is C13H19N5. The molecule has 0 aromatic carbocycles. The maximum absolute atomic E-state index is 4.33. The van der Waals surface area contributed by atoms with Gasteiger partial charge in [-0.25, -0.2) is 4.98 Å². The number of hydrogen-bond donors (Lipinski definition) is 1. The van der Waals surface area contributed by atoms with Crippen LogP contribution in [-0.2, 0) is 13.0 Å². The van der Waals surface area contributed by atoms with Crippen LogP contribution in [0, 0.1) is 6.92 Å². The number of nitrogens with zero attached hydrogens (tertiary/aromatic N) is 4. The van der Waals surface area contributed by atoms with Crippen molar-refractivity contribution >= 4 is 0 Å². The van der Waals surface area contributed by atoms with Gasteiger partial charge in [0.2, 0.25) is 0 Å². The van der Waals surface area contributed by atoms with Crippen molar-refractivity contribution in [2.75, 3.05) is 7.05 Å². The summed E-state index contributed by atoms with van der Waals surface area (Å²) in [6.45, 7) is 5.00. The molecule has 2 aromatic rings. The van der Waals surface area contributed by atoms with Crippen molar-refractivity contribution in [3.8, 4) is 0 Å². The molecule has 0 amide bonds. The van der Waals surface area contributed by atoms with Gasteiger partial charge in [-0.15, -0.1) is 0 Å². The maximum Gasteiger partial charge on any atom is 0.138 e. The van der Waals surface area contributed by atoms with Crippen molar-refractivity contribution in [2.45, 2.75) is 32.9 Å². The molecule has 0 aliphatic carbocycles. The smallest absolute Gasteiger partial charge is 0.138 e. The van der Waals surface area contributed by atoms with Gasteiger partial charge in [0.15, 0.2) is 0 Å². The first-order valence-corrected chi connectivity index (χ1v) is 6.20. The molecule has 0 aliphatic heterocycles. The van der Waals surface area contributed by atoms with Crippen molar-refractivity contribution in [2.24, 2.45) is 0 Å². The number of aryl methyl sites for hydroxylation is 2. The van der Waals surface area contributed by atoms with Gasteiger partial charge in [-0.1, -0.05) is 0 Å². The fourth-order valence-corrected chi connectivity index (χ4v) is 2.14. The second kappa shape index (κ2) is 5.73. The Morgan fingerprint density at radius 3 is 2.94 bits per heavy atom. The molecular weight excluding hydrogens is 226 g/mol. The molecule has 0 radical (unpaired) electrons. The standard InChI is InChI=1S/C13H19N5/c1-4-18-13(16-9-17-18)7-12(14-3)11-5-6-15-8-10(11)2/h5-6,8-9,12,14H,4,7H2,1-3H3. The third kappa shape index (κ3) is 2.56. The summed E-state index contributed by atoms with van der Waals surface area (Å²) < 4.78 is 1.93. The summed E-state index contributed by atoms with van der Waals surface area (Å²) >= 11 is 0. The van der Waals surface area contributed by atoms with Crippen LogP contribution >= 0.6 is 0 Å². The molecule has 0 bridgehead atoms. The Morgan fingerprint density at radius 2 is 2.28 bits per heavy atom. The van der Waals surface area contributed by atoms with E-state index in [1.165, 1.54) is 11.1 Å². The Hall–Kier alpha value is -1.75. The minimum Gasteiger partial charge on any atom is -0.313 e. The Morgan fingerprint density at radius 1 is 1.44 bits per heavy atom. The summed E-state index contributed by atoms with van der Waals surface area (Å²) in [6.07, 6.45) is 6.17. The highest BCUT2D eigenvalue weighted by Gasteiger charge is 2.15. The Kier molecular flexibility index (Phi) is 4.04. The van der Waals surface area contributed by atoms with Gasteiger partial charge in [-0.05, 0) is 38.1 Å². The van der Waals surface area contributed by atoms with Crippen molar-refractivity contribution in [3.63, 3.8) is 0 Å². The molecule has 0 saturated carbocycles. The van der Waals surface area contributed by atoms with Crippen molar-refractivity contribution < 1.29 is 0 Å². The van der Waals surface area contributed by atoms with E-state index in [4.69, 9.17) is 0 Å². The van der Waals surface area contributed by atoms with Crippen LogP contribution in [-0.4, -0.2) is 26.8 Å². The fraction of sp³-hybridized carbons (Fsp3) is 0.462. The summed E-state index contributed by atoms with van der Waals surface area (Å²) in [6, 6.07) is 2.30. The van der Waals surface area contributed by atoms with Gasteiger partial charge in [0, 0.05) is 31.4 Å². The van der Waals surface area contributed by atoms with E-state index >= 15 is 0 Å². The number of hydrogen-bond acceptors (Lipinski definition) is 4. The van der Waals surface area contributed by atoms with E-state index in [1.54, 1.807) is 6.33 Å². The lowest BCUT2D eigenvalue weighted by Gasteiger charge is -2.18. The third-order valence-electron chi connectivity index (χ3n) is 3.17. The van der Waals surface area contributed by atoms with Gasteiger partial charge in [-0.3, -0.25) is 9.67 Å². The number of rotatable bonds is 5. The molecule has 2 heterocycles. The van der Waals surface area contributed by atoms with Gasteiger partial charge in [0.1, 0.15) is 12.2 Å². The largest absolute Gasteiger partial charge is 0.313 e. The molecule has 2 aromatic heterocycles. The van der Waals surface area contributed by atoms with E-state index in [0.29, 0.717) is 0 Å². The molecule has 0 fully saturated rings. The lowest BCUT2D eigenvalue weighted by atomic mass is 10.0. The molecule has 5 nitrogen and oxygen atoms in total. The molecule has 1 unspecified atom stereocenters. The molecule has 2 rings (SSSR count). The van der Waals surface area contributed by atoms with E-state index in [0.717, 1.165) is 18.8 Å². The first kappa shape index (κ1) is 12.7. The highest BCUT2D eigenvalue weighted by atomic mass is 15.3. The van der Waals surface area contributed by atoms with E-state index in [2.05, 4.69) is 40.3 Å². The van der Waals surface area contributed by atoms with Gasteiger partial charge >= 0.3 is 0 Å². The van der Waals surface area contributed by atoms with Crippen LogP contribution in [0.4, 0.5) is 0 Å². The SMILES string of the molecule is CCn1ncnc1CC(NC)c1ccncc1C. The number of aromatic nitrogens is 4. The lowest BCUT2D eigenvalue weighted by molar-refractivity contribution is 0.531. The van der Waals surface area contributed by atoms with Gasteiger partial charge < -0.3 is 5.32 Å². The molecule has 1 atom stereocenters. The summed E-state index contributed by atoms with van der Waals surface area (Å²) in [5, 5.41) is 7.54. The summed E-state index contributed by atoms with van der Waals surface area (Å²) in [5.41, 5.74) is 2.46. The lowest BCUT2D eigenvalue weighted by Crippen LogP contribution is -2.22. The van der Waals surface area contributed by atoms with Crippen molar-refractivity contribution in [1.82, 2.24) is 25.1 Å². The first-order valence-electron chi connectivity index (χ1n) is 6.20. The summed E-state index contributed by atoms with van der Waals surface area (Å²) in [4.78, 5) is 8.46. The van der Waals surface area contributed by atoms with Gasteiger partial charge in [-0.2, -0.15) is 5.10 Å². The van der Waals surface area contributed by atoms with Crippen molar-refractivity contribution in [3.05, 3.63) is 41.7 Å². The highest BCUT2D eigenvalue weighted by Crippen LogP contribution is 2.19. The monoisotopic (exact) mass is 245 g/mol. The molecule has 0 aliphatic rings. The van der Waals surface area contributed by atoms with E-state index in [9.17, 15) is 0 Å². The highest BCUT2D eigenvalue weighted by molar-refractivity contribution is 5.26. The van der Waals surface area contributed by atoms with Crippen LogP contribution in [0.15, 0.2) is 24.8 Å². The Balaban J connectivity index is 2.23. The number of pyridine rings is 1. The molecule has 0 saturated heterocycles.